The van der Waals surface area contributed by atoms with E-state index in [4.69, 9.17) is 4.74 Å². The maximum absolute atomic E-state index is 12.8. The van der Waals surface area contributed by atoms with Gasteiger partial charge in [-0.3, -0.25) is 9.59 Å². The highest BCUT2D eigenvalue weighted by molar-refractivity contribution is 6.04. The minimum absolute atomic E-state index is 0.106. The predicted molar refractivity (Wildman–Crippen MR) is 124 cm³/mol. The van der Waals surface area contributed by atoms with Gasteiger partial charge in [-0.25, -0.2) is 0 Å². The number of hydrogen-bond acceptors (Lipinski definition) is 3. The lowest BCUT2D eigenvalue weighted by molar-refractivity contribution is -0.120. The van der Waals surface area contributed by atoms with Gasteiger partial charge in [0.25, 0.3) is 11.8 Å². The molecule has 0 aliphatic heterocycles. The molecule has 3 aromatic carbocycles. The first-order valence-corrected chi connectivity index (χ1v) is 10.3. The predicted octanol–water partition coefficient (Wildman–Crippen LogP) is 4.32. The molecule has 0 bridgehead atoms. The first kappa shape index (κ1) is 22.1. The Balaban J connectivity index is 1.63. The van der Waals surface area contributed by atoms with E-state index in [2.05, 4.69) is 5.32 Å². The molecule has 1 N–H and O–H groups in total. The summed E-state index contributed by atoms with van der Waals surface area (Å²) in [4.78, 5) is 27.0. The number of aryl methyl sites for hydroxylation is 2. The van der Waals surface area contributed by atoms with Gasteiger partial charge >= 0.3 is 0 Å². The molecular weight excluding hydrogens is 388 g/mol. The largest absolute Gasteiger partial charge is 0.483 e. The van der Waals surface area contributed by atoms with Crippen molar-refractivity contribution in [1.29, 1.82) is 0 Å². The minimum atomic E-state index is -0.231. The third-order valence-electron chi connectivity index (χ3n) is 5.12. The van der Waals surface area contributed by atoms with Gasteiger partial charge in [0.2, 0.25) is 0 Å². The second-order valence-corrected chi connectivity index (χ2v) is 7.52. The van der Waals surface area contributed by atoms with Crippen molar-refractivity contribution in [2.45, 2.75) is 20.3 Å². The third kappa shape index (κ3) is 5.95. The quantitative estimate of drug-likeness (QED) is 0.595. The molecule has 0 aliphatic carbocycles. The molecule has 31 heavy (non-hydrogen) atoms. The Morgan fingerprint density at radius 1 is 0.935 bits per heavy atom. The standard InChI is InChI=1S/C26H28N2O3/c1-19-13-14-20(2)24(17-19)31-18-25(29)28(3)23-12-8-7-11-22(23)26(30)27-16-15-21-9-5-4-6-10-21/h4-14,17H,15-16,18H2,1-3H3,(H,27,30). The van der Waals surface area contributed by atoms with Crippen molar-refractivity contribution < 1.29 is 14.3 Å². The van der Waals surface area contributed by atoms with Crippen LogP contribution in [0.5, 0.6) is 5.75 Å². The highest BCUT2D eigenvalue weighted by Gasteiger charge is 2.19. The molecule has 0 unspecified atom stereocenters. The fraction of sp³-hybridized carbons (Fsp3) is 0.231. The smallest absolute Gasteiger partial charge is 0.264 e. The normalized spacial score (nSPS) is 10.4. The number of nitrogens with zero attached hydrogens (tertiary/aromatic N) is 1. The van der Waals surface area contributed by atoms with Crippen molar-refractivity contribution in [2.75, 3.05) is 25.1 Å². The van der Waals surface area contributed by atoms with Gasteiger partial charge in [0, 0.05) is 13.6 Å². The van der Waals surface area contributed by atoms with Crippen molar-refractivity contribution in [3.8, 4) is 5.75 Å². The lowest BCUT2D eigenvalue weighted by Gasteiger charge is -2.21. The molecule has 5 nitrogen and oxygen atoms in total. The first-order valence-electron chi connectivity index (χ1n) is 10.3. The van der Waals surface area contributed by atoms with E-state index in [9.17, 15) is 9.59 Å². The number of ether oxygens (including phenoxy) is 1. The number of likely N-dealkylation sites (N-methyl/N-ethyl adjacent to an activating group) is 1. The van der Waals surface area contributed by atoms with E-state index in [1.54, 1.807) is 25.2 Å². The molecule has 0 aliphatic rings. The molecule has 0 saturated heterocycles. The molecule has 0 heterocycles. The molecule has 3 aromatic rings. The van der Waals surface area contributed by atoms with E-state index in [-0.39, 0.29) is 18.4 Å². The summed E-state index contributed by atoms with van der Waals surface area (Å²) in [6.07, 6.45) is 0.743. The Bertz CT molecular complexity index is 1050. The van der Waals surface area contributed by atoms with Gasteiger partial charge in [-0.15, -0.1) is 0 Å². The second-order valence-electron chi connectivity index (χ2n) is 7.52. The lowest BCUT2D eigenvalue weighted by Crippen LogP contribution is -2.34. The van der Waals surface area contributed by atoms with Gasteiger partial charge < -0.3 is 15.0 Å². The monoisotopic (exact) mass is 416 g/mol. The lowest BCUT2D eigenvalue weighted by atomic mass is 10.1. The number of hydrogen-bond donors (Lipinski definition) is 1. The molecule has 0 radical (unpaired) electrons. The zero-order chi connectivity index (χ0) is 22.2. The van der Waals surface area contributed by atoms with Crippen LogP contribution in [-0.4, -0.2) is 32.0 Å². The van der Waals surface area contributed by atoms with Gasteiger partial charge in [-0.05, 0) is 55.2 Å². The summed E-state index contributed by atoms with van der Waals surface area (Å²) in [6.45, 7) is 4.33. The number of anilines is 1. The fourth-order valence-corrected chi connectivity index (χ4v) is 3.25. The van der Waals surface area contributed by atoms with Crippen LogP contribution >= 0.6 is 0 Å². The molecule has 5 heteroatoms. The second kappa shape index (κ2) is 10.4. The number of benzene rings is 3. The average Bonchev–Trinajstić information content (AvgIpc) is 2.79. The fourth-order valence-electron chi connectivity index (χ4n) is 3.25. The highest BCUT2D eigenvalue weighted by atomic mass is 16.5. The summed E-state index contributed by atoms with van der Waals surface area (Å²) >= 11 is 0. The zero-order valence-corrected chi connectivity index (χ0v) is 18.2. The van der Waals surface area contributed by atoms with Gasteiger partial charge in [0.05, 0.1) is 11.3 Å². The summed E-state index contributed by atoms with van der Waals surface area (Å²) in [5.41, 5.74) is 4.21. The van der Waals surface area contributed by atoms with Crippen molar-refractivity contribution >= 4 is 17.5 Å². The maximum atomic E-state index is 12.8. The Morgan fingerprint density at radius 2 is 1.65 bits per heavy atom. The summed E-state index contributed by atoms with van der Waals surface area (Å²) in [7, 11) is 1.66. The molecule has 3 rings (SSSR count). The van der Waals surface area contributed by atoms with E-state index in [1.807, 2.05) is 68.4 Å². The third-order valence-corrected chi connectivity index (χ3v) is 5.12. The van der Waals surface area contributed by atoms with Crippen molar-refractivity contribution in [3.63, 3.8) is 0 Å². The van der Waals surface area contributed by atoms with Crippen LogP contribution in [0.2, 0.25) is 0 Å². The molecule has 0 aromatic heterocycles. The van der Waals surface area contributed by atoms with E-state index in [1.165, 1.54) is 4.90 Å². The van der Waals surface area contributed by atoms with Gasteiger partial charge in [-0.2, -0.15) is 0 Å². The van der Waals surface area contributed by atoms with E-state index < -0.39 is 0 Å². The van der Waals surface area contributed by atoms with Gasteiger partial charge in [-0.1, -0.05) is 54.6 Å². The SMILES string of the molecule is Cc1ccc(C)c(OCC(=O)N(C)c2ccccc2C(=O)NCCc2ccccc2)c1. The number of nitrogens with one attached hydrogen (secondary N) is 1. The molecule has 160 valence electrons. The number of carbonyl (C=O) groups is 2. The summed E-state index contributed by atoms with van der Waals surface area (Å²) in [6, 6.07) is 23.0. The first-order chi connectivity index (χ1) is 15.0. The van der Waals surface area contributed by atoms with Crippen molar-refractivity contribution in [2.24, 2.45) is 0 Å². The maximum Gasteiger partial charge on any atom is 0.264 e. The summed E-state index contributed by atoms with van der Waals surface area (Å²) in [5.74, 6) is 0.251. The van der Waals surface area contributed by atoms with Crippen LogP contribution in [0.1, 0.15) is 27.0 Å². The van der Waals surface area contributed by atoms with Crippen molar-refractivity contribution in [1.82, 2.24) is 5.32 Å². The average molecular weight is 417 g/mol. The van der Waals surface area contributed by atoms with Crippen LogP contribution in [-0.2, 0) is 11.2 Å². The van der Waals surface area contributed by atoms with E-state index in [0.717, 1.165) is 23.1 Å². The number of carbonyl (C=O) groups excluding carboxylic acids is 2. The Hall–Kier alpha value is -3.60. The minimum Gasteiger partial charge on any atom is -0.483 e. The Morgan fingerprint density at radius 3 is 2.42 bits per heavy atom. The number of para-hydroxylation sites is 1. The summed E-state index contributed by atoms with van der Waals surface area (Å²) in [5, 5.41) is 2.95. The highest BCUT2D eigenvalue weighted by Crippen LogP contribution is 2.21. The Kier molecular flexibility index (Phi) is 7.44. The van der Waals surface area contributed by atoms with Gasteiger partial charge in [0.1, 0.15) is 5.75 Å². The van der Waals surface area contributed by atoms with Crippen LogP contribution in [0.4, 0.5) is 5.69 Å². The molecular formula is C26H28N2O3. The van der Waals surface area contributed by atoms with Gasteiger partial charge in [0.15, 0.2) is 6.61 Å². The number of rotatable bonds is 8. The molecule has 0 spiro atoms. The van der Waals surface area contributed by atoms with Crippen molar-refractivity contribution in [3.05, 3.63) is 95.1 Å². The molecule has 2 amide bonds. The van der Waals surface area contributed by atoms with Crippen LogP contribution in [0, 0.1) is 13.8 Å². The molecule has 0 saturated carbocycles. The van der Waals surface area contributed by atoms with Crippen LogP contribution < -0.4 is 15.0 Å². The van der Waals surface area contributed by atoms with Crippen LogP contribution in [0.3, 0.4) is 0 Å². The Labute approximate surface area is 183 Å². The zero-order valence-electron chi connectivity index (χ0n) is 18.2. The molecule has 0 atom stereocenters. The summed E-state index contributed by atoms with van der Waals surface area (Å²) < 4.78 is 5.74. The van der Waals surface area contributed by atoms with Crippen LogP contribution in [0.25, 0.3) is 0 Å². The topological polar surface area (TPSA) is 58.6 Å². The van der Waals surface area contributed by atoms with E-state index >= 15 is 0 Å². The number of amides is 2. The van der Waals surface area contributed by atoms with E-state index in [0.29, 0.717) is 23.5 Å². The molecule has 0 fully saturated rings. The van der Waals surface area contributed by atoms with Crippen LogP contribution in [0.15, 0.2) is 72.8 Å².